The van der Waals surface area contributed by atoms with E-state index in [1.165, 1.54) is 16.6 Å². The molecule has 3 aromatic carbocycles. The highest BCUT2D eigenvalue weighted by molar-refractivity contribution is 6.09. The van der Waals surface area contributed by atoms with E-state index in [0.29, 0.717) is 17.7 Å². The van der Waals surface area contributed by atoms with E-state index in [0.717, 1.165) is 22.1 Å². The first-order valence-electron chi connectivity index (χ1n) is 11.7. The molecule has 5 rings (SSSR count). The number of likely N-dealkylation sites (tertiary alicyclic amines) is 1. The Morgan fingerprint density at radius 3 is 2.44 bits per heavy atom. The highest BCUT2D eigenvalue weighted by Gasteiger charge is 2.52. The third-order valence-electron chi connectivity index (χ3n) is 6.85. The Kier molecular flexibility index (Phi) is 6.06. The van der Waals surface area contributed by atoms with Gasteiger partial charge in [-0.3, -0.25) is 19.1 Å². The topological polar surface area (TPSA) is 77.8 Å². The van der Waals surface area contributed by atoms with Gasteiger partial charge in [-0.25, -0.2) is 4.79 Å². The predicted octanol–water partition coefficient (Wildman–Crippen LogP) is 4.70. The van der Waals surface area contributed by atoms with Crippen molar-refractivity contribution in [2.45, 2.75) is 24.8 Å². The van der Waals surface area contributed by atoms with Crippen LogP contribution < -0.4 is 4.74 Å². The Balaban J connectivity index is 1.60. The molecule has 0 aliphatic carbocycles. The third kappa shape index (κ3) is 4.02. The molecule has 7 heteroatoms. The van der Waals surface area contributed by atoms with Gasteiger partial charge in [0.1, 0.15) is 5.75 Å². The van der Waals surface area contributed by atoms with Crippen LogP contribution in [-0.4, -0.2) is 41.6 Å². The van der Waals surface area contributed by atoms with Crippen molar-refractivity contribution in [1.82, 2.24) is 9.47 Å². The van der Waals surface area contributed by atoms with E-state index >= 15 is 0 Å². The molecule has 7 nitrogen and oxygen atoms in total. The molecule has 0 N–H and O–H groups in total. The molecule has 4 aromatic rings. The molecular formula is C29H26N2O5. The van der Waals surface area contributed by atoms with Crippen LogP contribution in [0.2, 0.25) is 0 Å². The van der Waals surface area contributed by atoms with Crippen molar-refractivity contribution in [3.8, 4) is 5.75 Å². The fraction of sp³-hybridized carbons (Fsp3) is 0.207. The second-order valence-corrected chi connectivity index (χ2v) is 8.99. The minimum atomic E-state index is -1.08. The van der Waals surface area contributed by atoms with Gasteiger partial charge >= 0.3 is 6.09 Å². The Morgan fingerprint density at radius 1 is 0.917 bits per heavy atom. The second kappa shape index (κ2) is 9.34. The molecule has 1 aliphatic heterocycles. The van der Waals surface area contributed by atoms with Crippen LogP contribution in [0.25, 0.3) is 10.9 Å². The Hall–Kier alpha value is -4.39. The van der Waals surface area contributed by atoms with E-state index in [2.05, 4.69) is 0 Å². The van der Waals surface area contributed by atoms with Crippen molar-refractivity contribution < 1.29 is 23.9 Å². The van der Waals surface area contributed by atoms with E-state index in [-0.39, 0.29) is 24.8 Å². The number of hydrogen-bond donors (Lipinski definition) is 0. The van der Waals surface area contributed by atoms with E-state index < -0.39 is 11.5 Å². The van der Waals surface area contributed by atoms with Crippen LogP contribution in [0.1, 0.15) is 23.1 Å². The molecule has 1 saturated heterocycles. The molecule has 36 heavy (non-hydrogen) atoms. The number of fused-ring (bicyclic) bond motifs is 1. The first-order chi connectivity index (χ1) is 17.4. The van der Waals surface area contributed by atoms with Crippen molar-refractivity contribution >= 4 is 28.8 Å². The van der Waals surface area contributed by atoms with E-state index in [9.17, 15) is 14.4 Å². The number of ether oxygens (including phenoxy) is 2. The van der Waals surface area contributed by atoms with E-state index in [1.807, 2.05) is 66.7 Å². The summed E-state index contributed by atoms with van der Waals surface area (Å²) in [5.74, 6) is 0.246. The fourth-order valence-corrected chi connectivity index (χ4v) is 5.02. The molecule has 1 aromatic heterocycles. The van der Waals surface area contributed by atoms with E-state index in [1.54, 1.807) is 25.4 Å². The van der Waals surface area contributed by atoms with Gasteiger partial charge in [0.25, 0.3) is 0 Å². The standard InChI is InChI=1S/C29H26N2O5/c1-35-24-10-6-9-21(15-24)17-29(18-26(32)31(27(29)33)19-20-7-4-3-5-8-20)23-11-12-25-22(16-23)13-14-30(25)28(34)36-2/h3-16H,17-19H2,1-2H3. The monoisotopic (exact) mass is 482 g/mol. The van der Waals surface area contributed by atoms with Gasteiger partial charge in [-0.1, -0.05) is 48.5 Å². The highest BCUT2D eigenvalue weighted by Crippen LogP contribution is 2.42. The molecule has 2 heterocycles. The average Bonchev–Trinajstić information content (AvgIpc) is 3.43. The number of nitrogens with zero attached hydrogens (tertiary/aromatic N) is 2. The number of carbonyl (C=O) groups is 3. The maximum Gasteiger partial charge on any atom is 0.418 e. The SMILES string of the molecule is COC(=O)n1ccc2cc(C3(Cc4cccc(OC)c4)CC(=O)N(Cc4ccccc4)C3=O)ccc21. The van der Waals surface area contributed by atoms with Gasteiger partial charge in [0.2, 0.25) is 11.8 Å². The van der Waals surface area contributed by atoms with Gasteiger partial charge in [-0.05, 0) is 53.4 Å². The number of imide groups is 1. The van der Waals surface area contributed by atoms with Gasteiger partial charge in [0.15, 0.2) is 0 Å². The van der Waals surface area contributed by atoms with Crippen molar-refractivity contribution in [2.24, 2.45) is 0 Å². The van der Waals surface area contributed by atoms with Crippen LogP contribution >= 0.6 is 0 Å². The predicted molar refractivity (Wildman–Crippen MR) is 135 cm³/mol. The number of amides is 2. The lowest BCUT2D eigenvalue weighted by atomic mass is 9.74. The third-order valence-corrected chi connectivity index (χ3v) is 6.85. The molecule has 1 aliphatic rings. The van der Waals surface area contributed by atoms with Crippen molar-refractivity contribution in [1.29, 1.82) is 0 Å². The summed E-state index contributed by atoms with van der Waals surface area (Å²) in [5.41, 5.74) is 2.10. The van der Waals surface area contributed by atoms with Crippen LogP contribution in [0.4, 0.5) is 4.79 Å². The zero-order chi connectivity index (χ0) is 25.3. The molecule has 1 atom stereocenters. The van der Waals surface area contributed by atoms with Crippen molar-refractivity contribution in [3.05, 3.63) is 102 Å². The lowest BCUT2D eigenvalue weighted by Gasteiger charge is -2.28. The first kappa shape index (κ1) is 23.4. The number of rotatable bonds is 6. The minimum Gasteiger partial charge on any atom is -0.497 e. The van der Waals surface area contributed by atoms with Crippen LogP contribution in [0.3, 0.4) is 0 Å². The number of methoxy groups -OCH3 is 2. The quantitative estimate of drug-likeness (QED) is 0.372. The summed E-state index contributed by atoms with van der Waals surface area (Å²) in [5, 5.41) is 0.782. The van der Waals surface area contributed by atoms with Gasteiger partial charge in [-0.15, -0.1) is 0 Å². The summed E-state index contributed by atoms with van der Waals surface area (Å²) in [4.78, 5) is 40.9. The lowest BCUT2D eigenvalue weighted by molar-refractivity contribution is -0.140. The number of benzene rings is 3. The zero-order valence-corrected chi connectivity index (χ0v) is 20.1. The molecule has 1 fully saturated rings. The summed E-state index contributed by atoms with van der Waals surface area (Å²) < 4.78 is 11.7. The van der Waals surface area contributed by atoms with Gasteiger partial charge in [0.05, 0.1) is 31.7 Å². The largest absolute Gasteiger partial charge is 0.497 e. The lowest BCUT2D eigenvalue weighted by Crippen LogP contribution is -2.40. The molecule has 1 unspecified atom stereocenters. The fourth-order valence-electron chi connectivity index (χ4n) is 5.02. The molecular weight excluding hydrogens is 456 g/mol. The van der Waals surface area contributed by atoms with Crippen LogP contribution in [-0.2, 0) is 32.7 Å². The second-order valence-electron chi connectivity index (χ2n) is 8.99. The molecule has 182 valence electrons. The molecule has 0 radical (unpaired) electrons. The Labute approximate surface area is 208 Å². The zero-order valence-electron chi connectivity index (χ0n) is 20.1. The highest BCUT2D eigenvalue weighted by atomic mass is 16.5. The first-order valence-corrected chi connectivity index (χ1v) is 11.7. The van der Waals surface area contributed by atoms with Crippen molar-refractivity contribution in [3.63, 3.8) is 0 Å². The smallest absolute Gasteiger partial charge is 0.418 e. The summed E-state index contributed by atoms with van der Waals surface area (Å²) in [6.07, 6.45) is 1.53. The van der Waals surface area contributed by atoms with Crippen LogP contribution in [0.15, 0.2) is 85.1 Å². The summed E-state index contributed by atoms with van der Waals surface area (Å²) >= 11 is 0. The Morgan fingerprint density at radius 2 is 1.69 bits per heavy atom. The van der Waals surface area contributed by atoms with Gasteiger partial charge < -0.3 is 9.47 Å². The van der Waals surface area contributed by atoms with Gasteiger partial charge in [-0.2, -0.15) is 0 Å². The molecule has 0 spiro atoms. The Bertz CT molecular complexity index is 1460. The van der Waals surface area contributed by atoms with Crippen LogP contribution in [0, 0.1) is 0 Å². The molecule has 0 saturated carbocycles. The summed E-state index contributed by atoms with van der Waals surface area (Å²) in [6, 6.07) is 24.4. The molecule has 0 bridgehead atoms. The average molecular weight is 483 g/mol. The van der Waals surface area contributed by atoms with Crippen molar-refractivity contribution in [2.75, 3.05) is 14.2 Å². The molecule has 2 amide bonds. The summed E-state index contributed by atoms with van der Waals surface area (Å²) in [7, 11) is 2.93. The minimum absolute atomic E-state index is 0.0547. The normalized spacial score (nSPS) is 17.6. The number of aromatic nitrogens is 1. The van der Waals surface area contributed by atoms with Gasteiger partial charge in [0, 0.05) is 18.0 Å². The van der Waals surface area contributed by atoms with Crippen LogP contribution in [0.5, 0.6) is 5.75 Å². The number of hydrogen-bond acceptors (Lipinski definition) is 5. The van der Waals surface area contributed by atoms with E-state index in [4.69, 9.17) is 9.47 Å². The maximum atomic E-state index is 14.1. The summed E-state index contributed by atoms with van der Waals surface area (Å²) in [6.45, 7) is 0.222. The number of carbonyl (C=O) groups excluding carboxylic acids is 3. The maximum absolute atomic E-state index is 14.1.